The van der Waals surface area contributed by atoms with Crippen molar-refractivity contribution in [2.24, 2.45) is 5.92 Å². The van der Waals surface area contributed by atoms with Crippen LogP contribution < -0.4 is 0 Å². The molecule has 3 fully saturated rings. The Balaban J connectivity index is 0.936. The van der Waals surface area contributed by atoms with Crippen molar-refractivity contribution in [3.05, 3.63) is 131 Å². The number of benzene rings is 5. The minimum Gasteiger partial charge on any atom is -0.300 e. The Bertz CT molecular complexity index is 2160. The molecule has 3 heterocycles. The average molecular weight is 844 g/mol. The number of halogens is 3. The second kappa shape index (κ2) is 22.3. The fraction of sp³-hybridized carbons (Fsp3) is 0.536. The highest BCUT2D eigenvalue weighted by atomic mass is 19.2. The van der Waals surface area contributed by atoms with Gasteiger partial charge in [-0.3, -0.25) is 9.80 Å². The highest BCUT2D eigenvalue weighted by molar-refractivity contribution is 5.85. The first kappa shape index (κ1) is 44.9. The van der Waals surface area contributed by atoms with E-state index in [1.807, 2.05) is 0 Å². The molecule has 0 spiro atoms. The standard InChI is InChI=1S/C56H72F3N3/c1-2-16-51(40-53-54(57)31-32-55(58)56(53)59)62-36-11-8-24-48(62)25-14-27-50(39-47-23-13-22-45-20-6-7-28-52(45)47)61-35-15-18-42(41-61)17-12-26-49(60-33-9-3-10-34-60)38-43-29-30-44-19-4-5-21-46(44)37-43/h4-7,13,19-23,28-32,37,42,48-51H,2-3,8-12,14-18,24-27,33-36,38-41H2,1H3. The molecule has 5 aromatic rings. The molecule has 0 aromatic heterocycles. The maximum Gasteiger partial charge on any atom is 0.164 e. The summed E-state index contributed by atoms with van der Waals surface area (Å²) in [5.74, 6) is -1.87. The molecular weight excluding hydrogens is 772 g/mol. The van der Waals surface area contributed by atoms with Gasteiger partial charge in [0.2, 0.25) is 0 Å². The largest absolute Gasteiger partial charge is 0.300 e. The number of likely N-dealkylation sites (tertiary alicyclic amines) is 3. The van der Waals surface area contributed by atoms with Gasteiger partial charge in [-0.2, -0.15) is 0 Å². The van der Waals surface area contributed by atoms with E-state index in [9.17, 15) is 13.2 Å². The lowest BCUT2D eigenvalue weighted by atomic mass is 9.87. The summed E-state index contributed by atoms with van der Waals surface area (Å²) in [6.07, 6.45) is 21.5. The Hall–Kier alpha value is -3.71. The van der Waals surface area contributed by atoms with Crippen LogP contribution in [0.15, 0.2) is 97.1 Å². The molecule has 5 aromatic carbocycles. The maximum absolute atomic E-state index is 15.0. The van der Waals surface area contributed by atoms with Gasteiger partial charge in [0.25, 0.3) is 0 Å². The third kappa shape index (κ3) is 11.5. The molecule has 0 bridgehead atoms. The van der Waals surface area contributed by atoms with Crippen LogP contribution in [0.1, 0.15) is 126 Å². The van der Waals surface area contributed by atoms with Gasteiger partial charge >= 0.3 is 0 Å². The summed E-state index contributed by atoms with van der Waals surface area (Å²) < 4.78 is 44.2. The summed E-state index contributed by atoms with van der Waals surface area (Å²) >= 11 is 0. The number of piperidine rings is 3. The lowest BCUT2D eigenvalue weighted by Crippen LogP contribution is -2.48. The van der Waals surface area contributed by atoms with Crippen molar-refractivity contribution in [1.82, 2.24) is 14.7 Å². The molecule has 0 saturated carbocycles. The van der Waals surface area contributed by atoms with Gasteiger partial charge in [0.15, 0.2) is 11.6 Å². The molecule has 5 unspecified atom stereocenters. The van der Waals surface area contributed by atoms with Crippen molar-refractivity contribution < 1.29 is 13.2 Å². The highest BCUT2D eigenvalue weighted by Crippen LogP contribution is 2.33. The zero-order valence-electron chi connectivity index (χ0n) is 37.6. The Labute approximate surface area is 371 Å². The Kier molecular flexibility index (Phi) is 16.1. The molecule has 332 valence electrons. The summed E-state index contributed by atoms with van der Waals surface area (Å²) in [6.45, 7) is 7.94. The van der Waals surface area contributed by atoms with Crippen LogP contribution in [-0.4, -0.2) is 71.6 Å². The van der Waals surface area contributed by atoms with Crippen molar-refractivity contribution in [3.8, 4) is 0 Å². The van der Waals surface area contributed by atoms with Crippen molar-refractivity contribution in [2.75, 3.05) is 32.7 Å². The molecule has 3 aliphatic heterocycles. The van der Waals surface area contributed by atoms with E-state index in [1.165, 1.54) is 117 Å². The van der Waals surface area contributed by atoms with Crippen molar-refractivity contribution >= 4 is 21.5 Å². The fourth-order valence-corrected chi connectivity index (χ4v) is 11.9. The molecule has 5 atom stereocenters. The Morgan fingerprint density at radius 2 is 1.27 bits per heavy atom. The minimum atomic E-state index is -1.02. The van der Waals surface area contributed by atoms with Gasteiger partial charge in [0, 0.05) is 36.3 Å². The SMILES string of the molecule is CCCC(Cc1c(F)ccc(F)c1F)N1CCCCC1CCCC(Cc1cccc2ccccc12)N1CCCC(CCCC(Cc2ccc3ccccc3c2)N2CCCCC2)C1. The number of hydrogen-bond acceptors (Lipinski definition) is 3. The van der Waals surface area contributed by atoms with E-state index in [1.54, 1.807) is 0 Å². The summed E-state index contributed by atoms with van der Waals surface area (Å²) in [7, 11) is 0. The molecule has 0 aliphatic carbocycles. The van der Waals surface area contributed by atoms with Crippen molar-refractivity contribution in [1.29, 1.82) is 0 Å². The zero-order valence-corrected chi connectivity index (χ0v) is 37.6. The molecule has 0 N–H and O–H groups in total. The van der Waals surface area contributed by atoms with E-state index in [-0.39, 0.29) is 18.0 Å². The van der Waals surface area contributed by atoms with Crippen LogP contribution in [0.5, 0.6) is 0 Å². The van der Waals surface area contributed by atoms with E-state index >= 15 is 0 Å². The highest BCUT2D eigenvalue weighted by Gasteiger charge is 2.32. The molecule has 3 saturated heterocycles. The zero-order chi connectivity index (χ0) is 42.7. The first-order chi connectivity index (χ1) is 30.4. The van der Waals surface area contributed by atoms with E-state index in [0.29, 0.717) is 18.1 Å². The van der Waals surface area contributed by atoms with Crippen LogP contribution in [0.2, 0.25) is 0 Å². The van der Waals surface area contributed by atoms with E-state index in [2.05, 4.69) is 107 Å². The second-order valence-corrected chi connectivity index (χ2v) is 19.4. The lowest BCUT2D eigenvalue weighted by molar-refractivity contribution is 0.0741. The van der Waals surface area contributed by atoms with Gasteiger partial charge in [0.05, 0.1) is 0 Å². The molecule has 0 radical (unpaired) electrons. The number of fused-ring (bicyclic) bond motifs is 2. The number of rotatable bonds is 19. The molecule has 3 aliphatic rings. The monoisotopic (exact) mass is 844 g/mol. The van der Waals surface area contributed by atoms with Crippen LogP contribution in [0.3, 0.4) is 0 Å². The van der Waals surface area contributed by atoms with Crippen LogP contribution >= 0.6 is 0 Å². The molecule has 0 amide bonds. The lowest BCUT2D eigenvalue weighted by Gasteiger charge is -2.42. The van der Waals surface area contributed by atoms with Crippen molar-refractivity contribution in [3.63, 3.8) is 0 Å². The average Bonchev–Trinajstić information content (AvgIpc) is 3.31. The smallest absolute Gasteiger partial charge is 0.164 e. The van der Waals surface area contributed by atoms with E-state index in [4.69, 9.17) is 0 Å². The summed E-state index contributed by atoms with van der Waals surface area (Å²) in [6, 6.07) is 35.1. The fourth-order valence-electron chi connectivity index (χ4n) is 11.9. The van der Waals surface area contributed by atoms with Gasteiger partial charge in [0.1, 0.15) is 5.82 Å². The first-order valence-corrected chi connectivity index (χ1v) is 24.7. The van der Waals surface area contributed by atoms with Crippen LogP contribution in [0, 0.1) is 23.4 Å². The van der Waals surface area contributed by atoms with Crippen molar-refractivity contribution in [2.45, 2.75) is 153 Å². The van der Waals surface area contributed by atoms with E-state index in [0.717, 1.165) is 82.4 Å². The van der Waals surface area contributed by atoms with Gasteiger partial charge in [-0.05, 0) is 167 Å². The van der Waals surface area contributed by atoms with Crippen LogP contribution in [0.4, 0.5) is 13.2 Å². The molecular formula is C56H72F3N3. The van der Waals surface area contributed by atoms with E-state index < -0.39 is 17.5 Å². The van der Waals surface area contributed by atoms with Gasteiger partial charge in [-0.1, -0.05) is 124 Å². The molecule has 8 rings (SSSR count). The summed E-state index contributed by atoms with van der Waals surface area (Å²) in [4.78, 5) is 8.26. The minimum absolute atomic E-state index is 0.00696. The Morgan fingerprint density at radius 1 is 0.565 bits per heavy atom. The maximum atomic E-state index is 15.0. The van der Waals surface area contributed by atoms with Crippen LogP contribution in [0.25, 0.3) is 21.5 Å². The Morgan fingerprint density at radius 3 is 2.11 bits per heavy atom. The first-order valence-electron chi connectivity index (χ1n) is 24.7. The number of nitrogens with zero attached hydrogens (tertiary/aromatic N) is 3. The number of hydrogen-bond donors (Lipinski definition) is 0. The second-order valence-electron chi connectivity index (χ2n) is 19.4. The molecule has 6 heteroatoms. The third-order valence-corrected chi connectivity index (χ3v) is 15.2. The quantitative estimate of drug-likeness (QED) is 0.0767. The normalized spacial score (nSPS) is 21.0. The third-order valence-electron chi connectivity index (χ3n) is 15.2. The topological polar surface area (TPSA) is 9.72 Å². The van der Waals surface area contributed by atoms with Gasteiger partial charge in [-0.15, -0.1) is 0 Å². The predicted octanol–water partition coefficient (Wildman–Crippen LogP) is 13.7. The summed E-state index contributed by atoms with van der Waals surface area (Å²) in [5.41, 5.74) is 2.84. The van der Waals surface area contributed by atoms with Gasteiger partial charge < -0.3 is 4.90 Å². The van der Waals surface area contributed by atoms with Gasteiger partial charge in [-0.25, -0.2) is 13.2 Å². The van der Waals surface area contributed by atoms with Crippen LogP contribution in [-0.2, 0) is 19.3 Å². The molecule has 62 heavy (non-hydrogen) atoms. The molecule has 3 nitrogen and oxygen atoms in total. The summed E-state index contributed by atoms with van der Waals surface area (Å²) in [5, 5.41) is 5.38. The predicted molar refractivity (Wildman–Crippen MR) is 253 cm³/mol.